The van der Waals surface area contributed by atoms with Crippen LogP contribution in [0.4, 0.5) is 0 Å². The number of carbonyl (C=O) groups excluding carboxylic acids is 1. The average molecular weight is 315 g/mol. The van der Waals surface area contributed by atoms with Gasteiger partial charge in [-0.25, -0.2) is 4.98 Å². The largest absolute Gasteiger partial charge is 0.486 e. The monoisotopic (exact) mass is 315 g/mol. The molecule has 2 aromatic rings. The Kier molecular flexibility index (Phi) is 3.49. The first-order chi connectivity index (χ1) is 11.2. The van der Waals surface area contributed by atoms with E-state index in [2.05, 4.69) is 9.97 Å². The van der Waals surface area contributed by atoms with Gasteiger partial charge in [0.1, 0.15) is 18.1 Å². The minimum Gasteiger partial charge on any atom is -0.486 e. The number of hydrogen-bond donors (Lipinski definition) is 0. The lowest BCUT2D eigenvalue weighted by molar-refractivity contribution is 0.00989. The number of ether oxygens (including phenoxy) is 2. The van der Waals surface area contributed by atoms with Gasteiger partial charge in [0.15, 0.2) is 12.1 Å². The molecular weight excluding hydrogens is 298 g/mol. The van der Waals surface area contributed by atoms with E-state index in [1.165, 1.54) is 12.7 Å². The van der Waals surface area contributed by atoms with Gasteiger partial charge in [0.05, 0.1) is 24.9 Å². The number of oxazole rings is 1. The second kappa shape index (κ2) is 5.66. The Hall–Kier alpha value is -2.41. The van der Waals surface area contributed by atoms with E-state index in [1.807, 2.05) is 12.1 Å². The summed E-state index contributed by atoms with van der Waals surface area (Å²) in [6, 6.07) is 3.72. The summed E-state index contributed by atoms with van der Waals surface area (Å²) in [7, 11) is 0. The number of likely N-dealkylation sites (tertiary alicyclic amines) is 1. The van der Waals surface area contributed by atoms with Crippen LogP contribution < -0.4 is 4.74 Å². The predicted molar refractivity (Wildman–Crippen MR) is 79.0 cm³/mol. The molecule has 0 aromatic carbocycles. The molecule has 2 atom stereocenters. The van der Waals surface area contributed by atoms with Gasteiger partial charge in [-0.05, 0) is 18.6 Å². The first kappa shape index (κ1) is 14.2. The molecule has 0 bridgehead atoms. The van der Waals surface area contributed by atoms with Gasteiger partial charge in [-0.1, -0.05) is 0 Å². The molecule has 0 unspecified atom stereocenters. The molecule has 2 aliphatic heterocycles. The van der Waals surface area contributed by atoms with E-state index in [0.29, 0.717) is 25.4 Å². The predicted octanol–water partition coefficient (Wildman–Crippen LogP) is 1.52. The van der Waals surface area contributed by atoms with Gasteiger partial charge in [0.2, 0.25) is 0 Å². The van der Waals surface area contributed by atoms with Gasteiger partial charge in [0.25, 0.3) is 5.91 Å². The number of pyridine rings is 1. The summed E-state index contributed by atoms with van der Waals surface area (Å²) in [5.41, 5.74) is 0.0231. The van der Waals surface area contributed by atoms with Crippen molar-refractivity contribution in [3.8, 4) is 5.75 Å². The maximum absolute atomic E-state index is 12.3. The highest BCUT2D eigenvalue weighted by atomic mass is 16.6. The summed E-state index contributed by atoms with van der Waals surface area (Å²) in [5, 5.41) is 0. The van der Waals surface area contributed by atoms with E-state index in [4.69, 9.17) is 13.9 Å². The van der Waals surface area contributed by atoms with E-state index in [9.17, 15) is 4.79 Å². The zero-order chi connectivity index (χ0) is 15.7. The highest BCUT2D eigenvalue weighted by Crippen LogP contribution is 2.36. The number of nitrogens with zero attached hydrogens (tertiary/aromatic N) is 3. The van der Waals surface area contributed by atoms with Crippen molar-refractivity contribution in [1.29, 1.82) is 0 Å². The Morgan fingerprint density at radius 3 is 3.22 bits per heavy atom. The highest BCUT2D eigenvalue weighted by molar-refractivity contribution is 5.92. The van der Waals surface area contributed by atoms with Crippen molar-refractivity contribution in [2.75, 3.05) is 19.7 Å². The quantitative estimate of drug-likeness (QED) is 0.854. The smallest absolute Gasteiger partial charge is 0.275 e. The molecule has 0 saturated carbocycles. The van der Waals surface area contributed by atoms with Crippen LogP contribution in [-0.2, 0) is 4.74 Å². The van der Waals surface area contributed by atoms with Crippen LogP contribution in [0.2, 0.25) is 0 Å². The first-order valence-corrected chi connectivity index (χ1v) is 7.62. The van der Waals surface area contributed by atoms with Crippen LogP contribution in [0, 0.1) is 0 Å². The Labute approximate surface area is 133 Å². The molecule has 2 fully saturated rings. The maximum Gasteiger partial charge on any atom is 0.275 e. The Morgan fingerprint density at radius 1 is 1.48 bits per heavy atom. The SMILES string of the molecule is O=C(c1cocn1)N1CC[C@]2(C[C@@H](Oc3cccnc3)CO2)C1. The highest BCUT2D eigenvalue weighted by Gasteiger charge is 2.47. The summed E-state index contributed by atoms with van der Waals surface area (Å²) < 4.78 is 16.8. The average Bonchev–Trinajstić information content (AvgIpc) is 3.31. The van der Waals surface area contributed by atoms with E-state index in [-0.39, 0.29) is 17.6 Å². The minimum atomic E-state index is -0.313. The number of rotatable bonds is 3. The van der Waals surface area contributed by atoms with Crippen molar-refractivity contribution >= 4 is 5.91 Å². The molecular formula is C16H17N3O4. The summed E-state index contributed by atoms with van der Waals surface area (Å²) in [6.07, 6.45) is 7.61. The van der Waals surface area contributed by atoms with Gasteiger partial charge >= 0.3 is 0 Å². The lowest BCUT2D eigenvalue weighted by atomic mass is 9.98. The van der Waals surface area contributed by atoms with Crippen LogP contribution in [0.3, 0.4) is 0 Å². The molecule has 120 valence electrons. The van der Waals surface area contributed by atoms with E-state index < -0.39 is 0 Å². The summed E-state index contributed by atoms with van der Waals surface area (Å²) in [6.45, 7) is 1.75. The second-order valence-corrected chi connectivity index (χ2v) is 5.98. The summed E-state index contributed by atoms with van der Waals surface area (Å²) in [5.74, 6) is 0.627. The van der Waals surface area contributed by atoms with Gasteiger partial charge < -0.3 is 18.8 Å². The van der Waals surface area contributed by atoms with Crippen LogP contribution in [0.15, 0.2) is 41.6 Å². The molecule has 2 aromatic heterocycles. The summed E-state index contributed by atoms with van der Waals surface area (Å²) >= 11 is 0. The number of amides is 1. The molecule has 4 rings (SSSR count). The van der Waals surface area contributed by atoms with Gasteiger partial charge in [-0.15, -0.1) is 0 Å². The van der Waals surface area contributed by atoms with Crippen LogP contribution >= 0.6 is 0 Å². The van der Waals surface area contributed by atoms with Crippen molar-refractivity contribution in [2.24, 2.45) is 0 Å². The molecule has 2 aliphatic rings. The molecule has 7 nitrogen and oxygen atoms in total. The van der Waals surface area contributed by atoms with E-state index in [1.54, 1.807) is 17.3 Å². The molecule has 1 amide bonds. The zero-order valence-electron chi connectivity index (χ0n) is 12.6. The van der Waals surface area contributed by atoms with Crippen LogP contribution in [-0.4, -0.2) is 52.2 Å². The third-order valence-corrected chi connectivity index (χ3v) is 4.37. The van der Waals surface area contributed by atoms with Crippen LogP contribution in [0.1, 0.15) is 23.3 Å². The third kappa shape index (κ3) is 2.79. The van der Waals surface area contributed by atoms with Crippen molar-refractivity contribution in [3.63, 3.8) is 0 Å². The lowest BCUT2D eigenvalue weighted by Crippen LogP contribution is -2.36. The van der Waals surface area contributed by atoms with Crippen molar-refractivity contribution in [2.45, 2.75) is 24.5 Å². The van der Waals surface area contributed by atoms with Crippen molar-refractivity contribution in [3.05, 3.63) is 42.9 Å². The molecule has 4 heterocycles. The van der Waals surface area contributed by atoms with Gasteiger partial charge in [-0.3, -0.25) is 9.78 Å². The van der Waals surface area contributed by atoms with Gasteiger partial charge in [0, 0.05) is 19.2 Å². The lowest BCUT2D eigenvalue weighted by Gasteiger charge is -2.22. The Bertz CT molecular complexity index is 676. The molecule has 1 spiro atoms. The third-order valence-electron chi connectivity index (χ3n) is 4.37. The van der Waals surface area contributed by atoms with Crippen LogP contribution in [0.25, 0.3) is 0 Å². The number of aromatic nitrogens is 2. The molecule has 23 heavy (non-hydrogen) atoms. The molecule has 7 heteroatoms. The fourth-order valence-electron chi connectivity index (χ4n) is 3.27. The molecule has 2 saturated heterocycles. The normalized spacial score (nSPS) is 26.8. The fourth-order valence-corrected chi connectivity index (χ4v) is 3.27. The molecule has 0 N–H and O–H groups in total. The van der Waals surface area contributed by atoms with E-state index >= 15 is 0 Å². The fraction of sp³-hybridized carbons (Fsp3) is 0.438. The number of hydrogen-bond acceptors (Lipinski definition) is 6. The van der Waals surface area contributed by atoms with Crippen molar-refractivity contribution < 1.29 is 18.7 Å². The van der Waals surface area contributed by atoms with Gasteiger partial charge in [-0.2, -0.15) is 0 Å². The zero-order valence-corrected chi connectivity index (χ0v) is 12.6. The maximum atomic E-state index is 12.3. The summed E-state index contributed by atoms with van der Waals surface area (Å²) in [4.78, 5) is 22.1. The topological polar surface area (TPSA) is 77.7 Å². The van der Waals surface area contributed by atoms with Crippen molar-refractivity contribution in [1.82, 2.24) is 14.9 Å². The molecule has 0 aliphatic carbocycles. The number of carbonyl (C=O) groups is 1. The first-order valence-electron chi connectivity index (χ1n) is 7.62. The van der Waals surface area contributed by atoms with E-state index in [0.717, 1.165) is 18.6 Å². The van der Waals surface area contributed by atoms with Crippen LogP contribution in [0.5, 0.6) is 5.75 Å². The molecule has 0 radical (unpaired) electrons. The second-order valence-electron chi connectivity index (χ2n) is 5.98. The Morgan fingerprint density at radius 2 is 2.43 bits per heavy atom. The Balaban J connectivity index is 1.38. The minimum absolute atomic E-state index is 0.0127. The standard InChI is InChI=1S/C16H17N3O4/c20-15(14-9-21-11-18-14)19-5-3-16(10-19)6-13(8-22-16)23-12-2-1-4-17-7-12/h1-2,4,7,9,11,13H,3,5-6,8,10H2/t13-,16+/m1/s1.